The summed E-state index contributed by atoms with van der Waals surface area (Å²) in [7, 11) is 0. The van der Waals surface area contributed by atoms with Crippen LogP contribution in [0.5, 0.6) is 0 Å². The van der Waals surface area contributed by atoms with Gasteiger partial charge in [-0.25, -0.2) is 28.7 Å². The van der Waals surface area contributed by atoms with E-state index >= 15 is 0 Å². The van der Waals surface area contributed by atoms with Crippen LogP contribution >= 0.6 is 0 Å². The Morgan fingerprint density at radius 3 is 2.56 bits per heavy atom. The molecule has 36 heavy (non-hydrogen) atoms. The third-order valence-electron chi connectivity index (χ3n) is 6.90. The zero-order chi connectivity index (χ0) is 24.6. The Morgan fingerprint density at radius 1 is 0.944 bits per heavy atom. The smallest absolute Gasteiger partial charge is 0.229 e. The molecule has 0 spiro atoms. The molecule has 0 unspecified atom stereocenters. The average Bonchev–Trinajstić information content (AvgIpc) is 3.49. The van der Waals surface area contributed by atoms with Crippen LogP contribution in [-0.4, -0.2) is 67.0 Å². The topological polar surface area (TPSA) is 75.0 Å². The van der Waals surface area contributed by atoms with Crippen molar-refractivity contribution in [2.24, 2.45) is 0 Å². The molecule has 0 bridgehead atoms. The fourth-order valence-corrected chi connectivity index (χ4v) is 4.90. The lowest BCUT2D eigenvalue weighted by molar-refractivity contribution is 0.132. The van der Waals surface area contributed by atoms with Gasteiger partial charge in [0.1, 0.15) is 22.9 Å². The summed E-state index contributed by atoms with van der Waals surface area (Å²) in [5.41, 5.74) is 2.37. The largest absolute Gasteiger partial charge is 0.323 e. The third kappa shape index (κ3) is 4.42. The number of piperazine rings is 1. The zero-order valence-corrected chi connectivity index (χ0v) is 20.1. The highest BCUT2D eigenvalue weighted by atomic mass is 19.1. The molecule has 1 saturated heterocycles. The van der Waals surface area contributed by atoms with Gasteiger partial charge in [0, 0.05) is 50.9 Å². The summed E-state index contributed by atoms with van der Waals surface area (Å²) in [5.74, 6) is 0.420. The molecule has 1 radical (unpaired) electrons. The van der Waals surface area contributed by atoms with Gasteiger partial charge in [0.15, 0.2) is 11.6 Å². The second-order valence-electron chi connectivity index (χ2n) is 9.22. The first-order chi connectivity index (χ1) is 17.6. The number of fused-ring (bicyclic) bond motifs is 3. The van der Waals surface area contributed by atoms with E-state index in [0.717, 1.165) is 69.7 Å². The molecule has 1 aromatic carbocycles. The van der Waals surface area contributed by atoms with Crippen LogP contribution in [-0.2, 0) is 13.0 Å². The van der Waals surface area contributed by atoms with Crippen molar-refractivity contribution in [3.8, 4) is 11.3 Å². The number of anilines is 2. The van der Waals surface area contributed by atoms with Gasteiger partial charge < -0.3 is 14.8 Å². The number of pyridine rings is 1. The second-order valence-corrected chi connectivity index (χ2v) is 9.22. The van der Waals surface area contributed by atoms with Gasteiger partial charge in [0.05, 0.1) is 18.3 Å². The average molecular weight is 490 g/mol. The second kappa shape index (κ2) is 9.51. The predicted molar refractivity (Wildman–Crippen MR) is 134 cm³/mol. The van der Waals surface area contributed by atoms with Crippen molar-refractivity contribution in [1.82, 2.24) is 34.3 Å². The Bertz CT molecular complexity index is 1390. The first-order valence-corrected chi connectivity index (χ1v) is 12.3. The highest BCUT2D eigenvalue weighted by molar-refractivity contribution is 5.83. The molecule has 2 aliphatic rings. The number of aromatic nitrogens is 5. The highest BCUT2D eigenvalue weighted by Crippen LogP contribution is 2.31. The van der Waals surface area contributed by atoms with Gasteiger partial charge in [-0.2, -0.15) is 0 Å². The van der Waals surface area contributed by atoms with Gasteiger partial charge >= 0.3 is 0 Å². The maximum atomic E-state index is 14.8. The summed E-state index contributed by atoms with van der Waals surface area (Å²) in [6.07, 6.45) is 4.53. The van der Waals surface area contributed by atoms with Crippen LogP contribution in [0, 0.1) is 18.2 Å². The van der Waals surface area contributed by atoms with Gasteiger partial charge in [0.2, 0.25) is 5.95 Å². The Kier molecular flexibility index (Phi) is 6.06. The van der Waals surface area contributed by atoms with Crippen LogP contribution in [0.4, 0.5) is 20.5 Å². The Hall–Kier alpha value is -3.50. The number of benzene rings is 1. The molecular weight excluding hydrogens is 462 g/mol. The molecule has 185 valence electrons. The molecule has 5 heterocycles. The number of likely N-dealkylation sites (N-methyl/N-ethyl adjacent to an activating group) is 1. The van der Waals surface area contributed by atoms with E-state index in [4.69, 9.17) is 0 Å². The molecule has 1 N–H and O–H groups in total. The summed E-state index contributed by atoms with van der Waals surface area (Å²) in [6, 6.07) is 6.88. The molecule has 0 saturated carbocycles. The minimum Gasteiger partial charge on any atom is -0.323 e. The van der Waals surface area contributed by atoms with Gasteiger partial charge in [-0.15, -0.1) is 0 Å². The Balaban J connectivity index is 1.19. The van der Waals surface area contributed by atoms with Crippen molar-refractivity contribution in [3.05, 3.63) is 66.2 Å². The Morgan fingerprint density at radius 2 is 1.78 bits per heavy atom. The molecule has 10 heteroatoms. The molecule has 0 amide bonds. The van der Waals surface area contributed by atoms with E-state index in [-0.39, 0.29) is 17.2 Å². The lowest BCUT2D eigenvalue weighted by atomic mass is 10.1. The van der Waals surface area contributed by atoms with Crippen molar-refractivity contribution in [1.29, 1.82) is 0 Å². The molecule has 0 atom stereocenters. The summed E-state index contributed by atoms with van der Waals surface area (Å²) >= 11 is 0. The van der Waals surface area contributed by atoms with Crippen molar-refractivity contribution >= 4 is 22.8 Å². The van der Waals surface area contributed by atoms with Gasteiger partial charge in [-0.05, 0) is 36.7 Å². The maximum absolute atomic E-state index is 14.8. The molecule has 0 aliphatic carbocycles. The molecule has 6 rings (SSSR count). The van der Waals surface area contributed by atoms with E-state index in [0.29, 0.717) is 16.9 Å². The molecular formula is C26H27F2N8. The van der Waals surface area contributed by atoms with Crippen molar-refractivity contribution < 1.29 is 8.78 Å². The third-order valence-corrected chi connectivity index (χ3v) is 6.90. The normalized spacial score (nSPS) is 16.5. The summed E-state index contributed by atoms with van der Waals surface area (Å²) < 4.78 is 31.4. The van der Waals surface area contributed by atoms with E-state index in [1.165, 1.54) is 6.07 Å². The van der Waals surface area contributed by atoms with Crippen molar-refractivity contribution in [3.63, 3.8) is 0 Å². The monoisotopic (exact) mass is 489 g/mol. The minimum atomic E-state index is -0.629. The van der Waals surface area contributed by atoms with E-state index in [9.17, 15) is 8.78 Å². The predicted octanol–water partition coefficient (Wildman–Crippen LogP) is 4.00. The van der Waals surface area contributed by atoms with E-state index < -0.39 is 11.6 Å². The van der Waals surface area contributed by atoms with Gasteiger partial charge in [-0.1, -0.05) is 13.0 Å². The quantitative estimate of drug-likeness (QED) is 0.439. The molecule has 2 aliphatic heterocycles. The standard InChI is InChI=1S/C26H27F2N8/c1-2-34-8-10-35(11-9-34)16-17-5-6-22(29-14-17)31-26-30-15-20(28)24(33-26)18-12-19(27)25-21(13-18)36-7-3-4-23(36)32-25/h5-7,12-15H,2-4,8-11,16H2,1H3,(H,29,30,31,33). The number of hydrogen-bond donors (Lipinski definition) is 1. The first-order valence-electron chi connectivity index (χ1n) is 12.3. The lowest BCUT2D eigenvalue weighted by Gasteiger charge is -2.33. The molecule has 8 nitrogen and oxygen atoms in total. The molecule has 4 aromatic rings. The van der Waals surface area contributed by atoms with Crippen LogP contribution < -0.4 is 5.32 Å². The molecule has 1 fully saturated rings. The minimum absolute atomic E-state index is 0.0182. The van der Waals surface area contributed by atoms with Crippen LogP contribution in [0.15, 0.2) is 36.7 Å². The van der Waals surface area contributed by atoms with E-state index in [2.05, 4.69) is 42.0 Å². The van der Waals surface area contributed by atoms with Crippen molar-refractivity contribution in [2.75, 3.05) is 38.0 Å². The zero-order valence-electron chi connectivity index (χ0n) is 20.1. The van der Waals surface area contributed by atoms with Crippen molar-refractivity contribution in [2.45, 2.75) is 26.3 Å². The van der Waals surface area contributed by atoms with E-state index in [1.54, 1.807) is 6.07 Å². The van der Waals surface area contributed by atoms with Gasteiger partial charge in [0.25, 0.3) is 0 Å². The Labute approximate surface area is 208 Å². The number of halogens is 2. The number of aryl methyl sites for hydroxylation is 1. The summed E-state index contributed by atoms with van der Waals surface area (Å²) in [5, 5.41) is 3.04. The maximum Gasteiger partial charge on any atom is 0.229 e. The number of hydrogen-bond acceptors (Lipinski definition) is 7. The van der Waals surface area contributed by atoms with Crippen LogP contribution in [0.3, 0.4) is 0 Å². The van der Waals surface area contributed by atoms with E-state index in [1.807, 2.05) is 29.4 Å². The number of rotatable bonds is 6. The van der Waals surface area contributed by atoms with Crippen LogP contribution in [0.2, 0.25) is 0 Å². The molecule has 3 aromatic heterocycles. The summed E-state index contributed by atoms with van der Waals surface area (Å²) in [4.78, 5) is 22.1. The number of imidazole rings is 1. The fourth-order valence-electron chi connectivity index (χ4n) is 4.90. The summed E-state index contributed by atoms with van der Waals surface area (Å²) in [6.45, 7) is 10.4. The van der Waals surface area contributed by atoms with Crippen LogP contribution in [0.25, 0.3) is 22.3 Å². The highest BCUT2D eigenvalue weighted by Gasteiger charge is 2.21. The number of nitrogens with zero attached hydrogens (tertiary/aromatic N) is 7. The lowest BCUT2D eigenvalue weighted by Crippen LogP contribution is -2.45. The SMILES string of the molecule is CCN1CCN(Cc2ccc(Nc3ncc(F)c(-c4cc(F)c5nc6n(c5c4)[CH]CC6)n3)nc2)CC1. The van der Waals surface area contributed by atoms with Gasteiger partial charge in [-0.3, -0.25) is 4.90 Å². The number of nitrogens with one attached hydrogen (secondary N) is 1. The van der Waals surface area contributed by atoms with Crippen LogP contribution in [0.1, 0.15) is 24.7 Å². The first kappa shape index (κ1) is 22.9. The fraction of sp³-hybridized carbons (Fsp3) is 0.346.